The van der Waals surface area contributed by atoms with Crippen LogP contribution in [0.3, 0.4) is 0 Å². The first-order chi connectivity index (χ1) is 8.08. The molecule has 0 bridgehead atoms. The van der Waals surface area contributed by atoms with Crippen molar-refractivity contribution in [2.24, 2.45) is 11.7 Å². The Bertz CT molecular complexity index is 297. The van der Waals surface area contributed by atoms with Gasteiger partial charge >= 0.3 is 12.1 Å². The van der Waals surface area contributed by atoms with Crippen LogP contribution < -0.4 is 11.1 Å². The summed E-state index contributed by atoms with van der Waals surface area (Å²) in [6.07, 6.45) is -0.597. The summed E-state index contributed by atoms with van der Waals surface area (Å²) in [5.74, 6) is -0.587. The molecule has 0 unspecified atom stereocenters. The molecule has 0 heterocycles. The second-order valence-corrected chi connectivity index (χ2v) is 5.46. The van der Waals surface area contributed by atoms with Crippen molar-refractivity contribution < 1.29 is 19.1 Å². The average molecular weight is 260 g/mol. The lowest BCUT2D eigenvalue weighted by atomic mass is 9.97. The molecule has 0 rings (SSSR count). The second kappa shape index (κ2) is 6.58. The minimum atomic E-state index is -0.914. The molecule has 3 N–H and O–H groups in total. The molecule has 0 aliphatic heterocycles. The fourth-order valence-electron chi connectivity index (χ4n) is 1.40. The van der Waals surface area contributed by atoms with Crippen LogP contribution in [0.1, 0.15) is 34.6 Å². The summed E-state index contributed by atoms with van der Waals surface area (Å²) in [6, 6.07) is -1.45. The molecule has 0 aliphatic carbocycles. The Morgan fingerprint density at radius 3 is 2.06 bits per heavy atom. The normalized spacial score (nSPS) is 14.9. The molecule has 0 aromatic rings. The lowest BCUT2D eigenvalue weighted by Crippen LogP contribution is -2.55. The van der Waals surface area contributed by atoms with Crippen molar-refractivity contribution in [2.45, 2.75) is 52.3 Å². The molecular formula is C12H24N2O4. The van der Waals surface area contributed by atoms with Crippen LogP contribution in [-0.2, 0) is 14.3 Å². The predicted molar refractivity (Wildman–Crippen MR) is 68.0 cm³/mol. The summed E-state index contributed by atoms with van der Waals surface area (Å²) < 4.78 is 9.69. The lowest BCUT2D eigenvalue weighted by molar-refractivity contribution is -0.143. The third kappa shape index (κ3) is 5.86. The van der Waals surface area contributed by atoms with E-state index in [1.54, 1.807) is 20.8 Å². The minimum Gasteiger partial charge on any atom is -0.468 e. The highest BCUT2D eigenvalue weighted by Crippen LogP contribution is 2.10. The van der Waals surface area contributed by atoms with Crippen LogP contribution >= 0.6 is 0 Å². The zero-order valence-electron chi connectivity index (χ0n) is 11.9. The van der Waals surface area contributed by atoms with Crippen molar-refractivity contribution in [2.75, 3.05) is 7.11 Å². The van der Waals surface area contributed by atoms with Gasteiger partial charge in [0.25, 0.3) is 0 Å². The van der Waals surface area contributed by atoms with Gasteiger partial charge in [-0.1, -0.05) is 13.8 Å². The van der Waals surface area contributed by atoms with Gasteiger partial charge in [0.15, 0.2) is 0 Å². The topological polar surface area (TPSA) is 90.6 Å². The van der Waals surface area contributed by atoms with E-state index in [9.17, 15) is 9.59 Å². The number of nitrogens with one attached hydrogen (secondary N) is 1. The Morgan fingerprint density at radius 1 is 1.22 bits per heavy atom. The number of hydrogen-bond acceptors (Lipinski definition) is 5. The van der Waals surface area contributed by atoms with Crippen molar-refractivity contribution in [1.29, 1.82) is 0 Å². The third-order valence-electron chi connectivity index (χ3n) is 2.26. The zero-order chi connectivity index (χ0) is 14.5. The fourth-order valence-corrected chi connectivity index (χ4v) is 1.40. The summed E-state index contributed by atoms with van der Waals surface area (Å²) >= 11 is 0. The quantitative estimate of drug-likeness (QED) is 0.737. The molecule has 0 radical (unpaired) electrons. The van der Waals surface area contributed by atoms with E-state index in [1.165, 1.54) is 7.11 Å². The maximum Gasteiger partial charge on any atom is 0.407 e. The number of rotatable bonds is 4. The predicted octanol–water partition coefficient (Wildman–Crippen LogP) is 1.04. The van der Waals surface area contributed by atoms with Crippen molar-refractivity contribution in [3.63, 3.8) is 0 Å². The molecule has 106 valence electrons. The van der Waals surface area contributed by atoms with Gasteiger partial charge in [-0.05, 0) is 26.7 Å². The van der Waals surface area contributed by atoms with Gasteiger partial charge in [-0.15, -0.1) is 0 Å². The second-order valence-electron chi connectivity index (χ2n) is 5.46. The standard InChI is InChI=1S/C12H24N2O4/c1-7(2)9(8(13)10(15)17-6)14-11(16)18-12(3,4)5/h7-9H,13H2,1-6H3,(H,14,16)/t8-,9+/m1/s1. The van der Waals surface area contributed by atoms with Crippen molar-refractivity contribution in [3.8, 4) is 0 Å². The Morgan fingerprint density at radius 2 is 1.72 bits per heavy atom. The summed E-state index contributed by atoms with van der Waals surface area (Å²) in [4.78, 5) is 23.0. The Balaban J connectivity index is 4.64. The minimum absolute atomic E-state index is 0.0216. The molecule has 0 aliphatic rings. The Kier molecular flexibility index (Phi) is 6.11. The zero-order valence-corrected chi connectivity index (χ0v) is 11.9. The highest BCUT2D eigenvalue weighted by atomic mass is 16.6. The number of ether oxygens (including phenoxy) is 2. The van der Waals surface area contributed by atoms with Crippen LogP contribution in [0.4, 0.5) is 4.79 Å². The SMILES string of the molecule is COC(=O)[C@H](N)[C@@H](NC(=O)OC(C)(C)C)C(C)C. The molecular weight excluding hydrogens is 236 g/mol. The first-order valence-corrected chi connectivity index (χ1v) is 5.91. The van der Waals surface area contributed by atoms with E-state index in [0.29, 0.717) is 0 Å². The number of methoxy groups -OCH3 is 1. The molecule has 18 heavy (non-hydrogen) atoms. The van der Waals surface area contributed by atoms with E-state index < -0.39 is 29.7 Å². The molecule has 1 amide bonds. The van der Waals surface area contributed by atoms with Crippen LogP contribution in [0, 0.1) is 5.92 Å². The monoisotopic (exact) mass is 260 g/mol. The summed E-state index contributed by atoms with van der Waals surface area (Å²) in [5, 5.41) is 2.60. The van der Waals surface area contributed by atoms with Gasteiger partial charge in [-0.2, -0.15) is 0 Å². The van der Waals surface area contributed by atoms with Gasteiger partial charge in [0.1, 0.15) is 11.6 Å². The molecule has 0 saturated carbocycles. The first-order valence-electron chi connectivity index (χ1n) is 5.91. The van der Waals surface area contributed by atoms with E-state index in [1.807, 2.05) is 13.8 Å². The lowest BCUT2D eigenvalue weighted by Gasteiger charge is -2.28. The highest BCUT2D eigenvalue weighted by Gasteiger charge is 2.30. The van der Waals surface area contributed by atoms with Gasteiger partial charge in [0.05, 0.1) is 13.2 Å². The molecule has 0 fully saturated rings. The van der Waals surface area contributed by atoms with E-state index in [4.69, 9.17) is 10.5 Å². The molecule has 0 spiro atoms. The number of carbonyl (C=O) groups excluding carboxylic acids is 2. The van der Waals surface area contributed by atoms with Gasteiger partial charge < -0.3 is 20.5 Å². The van der Waals surface area contributed by atoms with Crippen molar-refractivity contribution in [1.82, 2.24) is 5.32 Å². The van der Waals surface area contributed by atoms with Gasteiger partial charge in [0, 0.05) is 0 Å². The largest absolute Gasteiger partial charge is 0.468 e. The van der Waals surface area contributed by atoms with E-state index in [2.05, 4.69) is 10.1 Å². The van der Waals surface area contributed by atoms with Gasteiger partial charge in [-0.25, -0.2) is 4.79 Å². The molecule has 0 saturated heterocycles. The van der Waals surface area contributed by atoms with Gasteiger partial charge in [-0.3, -0.25) is 4.79 Å². The number of carbonyl (C=O) groups is 2. The van der Waals surface area contributed by atoms with Crippen LogP contribution in [0.2, 0.25) is 0 Å². The molecule has 6 heteroatoms. The van der Waals surface area contributed by atoms with Crippen LogP contribution in [0.5, 0.6) is 0 Å². The Hall–Kier alpha value is -1.30. The van der Waals surface area contributed by atoms with Crippen molar-refractivity contribution in [3.05, 3.63) is 0 Å². The number of hydrogen-bond donors (Lipinski definition) is 2. The van der Waals surface area contributed by atoms with E-state index in [-0.39, 0.29) is 5.92 Å². The summed E-state index contributed by atoms with van der Waals surface area (Å²) in [5.41, 5.74) is 5.14. The summed E-state index contributed by atoms with van der Waals surface area (Å²) in [7, 11) is 1.26. The first kappa shape index (κ1) is 16.7. The maximum atomic E-state index is 11.6. The van der Waals surface area contributed by atoms with Gasteiger partial charge in [0.2, 0.25) is 0 Å². The molecule has 0 aromatic carbocycles. The molecule has 0 aromatic heterocycles. The highest BCUT2D eigenvalue weighted by molar-refractivity contribution is 5.78. The third-order valence-corrected chi connectivity index (χ3v) is 2.26. The number of amides is 1. The maximum absolute atomic E-state index is 11.6. The van der Waals surface area contributed by atoms with Crippen LogP contribution in [0.15, 0.2) is 0 Å². The Labute approximate surface area is 108 Å². The van der Waals surface area contributed by atoms with E-state index >= 15 is 0 Å². The molecule has 6 nitrogen and oxygen atoms in total. The van der Waals surface area contributed by atoms with E-state index in [0.717, 1.165) is 0 Å². The van der Waals surface area contributed by atoms with Crippen molar-refractivity contribution >= 4 is 12.1 Å². The van der Waals surface area contributed by atoms with Crippen LogP contribution in [0.25, 0.3) is 0 Å². The summed E-state index contributed by atoms with van der Waals surface area (Å²) in [6.45, 7) is 8.99. The van der Waals surface area contributed by atoms with Crippen LogP contribution in [-0.4, -0.2) is 36.9 Å². The number of esters is 1. The molecule has 2 atom stereocenters. The smallest absolute Gasteiger partial charge is 0.407 e. The number of nitrogens with two attached hydrogens (primary N) is 1. The number of alkyl carbamates (subject to hydrolysis) is 1. The average Bonchev–Trinajstić information content (AvgIpc) is 2.20. The fraction of sp³-hybridized carbons (Fsp3) is 0.833.